The van der Waals surface area contributed by atoms with Crippen LogP contribution in [0.1, 0.15) is 43.6 Å². The van der Waals surface area contributed by atoms with Crippen molar-refractivity contribution in [3.63, 3.8) is 0 Å². The van der Waals surface area contributed by atoms with Crippen LogP contribution in [-0.2, 0) is 9.59 Å². The Bertz CT molecular complexity index is 649. The van der Waals surface area contributed by atoms with Crippen LogP contribution < -0.4 is 0 Å². The summed E-state index contributed by atoms with van der Waals surface area (Å²) >= 11 is 0. The molecule has 1 saturated heterocycles. The Morgan fingerprint density at radius 1 is 1.29 bits per heavy atom. The number of rotatable bonds is 5. The van der Waals surface area contributed by atoms with Gasteiger partial charge in [0.1, 0.15) is 11.6 Å². The summed E-state index contributed by atoms with van der Waals surface area (Å²) in [6.45, 7) is 1.26. The van der Waals surface area contributed by atoms with E-state index in [0.717, 1.165) is 18.9 Å². The van der Waals surface area contributed by atoms with Crippen molar-refractivity contribution in [2.24, 2.45) is 11.8 Å². The SMILES string of the molecule is O=C(O)CC[C@@H]1CCCN(C(=O)[C@@H]2C[C@H]2c2ccc(F)cc2F)C1. The van der Waals surface area contributed by atoms with Crippen molar-refractivity contribution >= 4 is 11.9 Å². The molecule has 130 valence electrons. The molecule has 0 unspecified atom stereocenters. The number of carboxylic acids is 1. The molecular formula is C18H21F2NO3. The summed E-state index contributed by atoms with van der Waals surface area (Å²) in [4.78, 5) is 25.1. The fourth-order valence-electron chi connectivity index (χ4n) is 3.68. The summed E-state index contributed by atoms with van der Waals surface area (Å²) in [5.41, 5.74) is 0.411. The summed E-state index contributed by atoms with van der Waals surface area (Å²) in [5.74, 6) is -2.18. The third kappa shape index (κ3) is 3.74. The van der Waals surface area contributed by atoms with E-state index < -0.39 is 17.6 Å². The van der Waals surface area contributed by atoms with Gasteiger partial charge in [-0.25, -0.2) is 8.78 Å². The number of carboxylic acid groups (broad SMARTS) is 1. The molecule has 2 aliphatic rings. The van der Waals surface area contributed by atoms with Crippen LogP contribution in [0.5, 0.6) is 0 Å². The number of aliphatic carboxylic acids is 1. The summed E-state index contributed by atoms with van der Waals surface area (Å²) in [6.07, 6.45) is 3.12. The molecule has 0 spiro atoms. The normalized spacial score (nSPS) is 26.2. The smallest absolute Gasteiger partial charge is 0.303 e. The Kier molecular flexibility index (Phi) is 4.83. The number of halogens is 2. The molecule has 4 nitrogen and oxygen atoms in total. The van der Waals surface area contributed by atoms with Gasteiger partial charge in [0.2, 0.25) is 5.91 Å². The lowest BCUT2D eigenvalue weighted by Crippen LogP contribution is -2.41. The van der Waals surface area contributed by atoms with Gasteiger partial charge in [0.25, 0.3) is 0 Å². The molecule has 1 saturated carbocycles. The molecule has 1 aliphatic heterocycles. The molecule has 0 radical (unpaired) electrons. The molecule has 0 bridgehead atoms. The molecule has 24 heavy (non-hydrogen) atoms. The molecule has 1 heterocycles. The Morgan fingerprint density at radius 3 is 2.79 bits per heavy atom. The standard InChI is InChI=1S/C18H21F2NO3/c19-12-4-5-13(16(20)8-12)14-9-15(14)18(24)21-7-1-2-11(10-21)3-6-17(22)23/h4-5,8,11,14-15H,1-3,6-7,9-10H2,(H,22,23)/t11-,14-,15+/m0/s1. The second-order valence-electron chi connectivity index (χ2n) is 6.84. The van der Waals surface area contributed by atoms with E-state index in [1.807, 2.05) is 0 Å². The Morgan fingerprint density at radius 2 is 2.08 bits per heavy atom. The predicted octanol–water partition coefficient (Wildman–Crippen LogP) is 3.17. The van der Waals surface area contributed by atoms with E-state index in [4.69, 9.17) is 5.11 Å². The van der Waals surface area contributed by atoms with E-state index in [-0.39, 0.29) is 30.1 Å². The Balaban J connectivity index is 1.58. The number of piperidine rings is 1. The van der Waals surface area contributed by atoms with Gasteiger partial charge >= 0.3 is 5.97 Å². The average molecular weight is 337 g/mol. The minimum Gasteiger partial charge on any atom is -0.481 e. The molecule has 1 aliphatic carbocycles. The number of benzene rings is 1. The van der Waals surface area contributed by atoms with Gasteiger partial charge < -0.3 is 10.0 Å². The van der Waals surface area contributed by atoms with Crippen molar-refractivity contribution in [2.45, 2.75) is 38.0 Å². The minimum atomic E-state index is -0.813. The fraction of sp³-hybridized carbons (Fsp3) is 0.556. The summed E-state index contributed by atoms with van der Waals surface area (Å²) in [6, 6.07) is 3.51. The summed E-state index contributed by atoms with van der Waals surface area (Å²) < 4.78 is 26.8. The maximum absolute atomic E-state index is 13.8. The highest BCUT2D eigenvalue weighted by Gasteiger charge is 2.47. The first-order valence-corrected chi connectivity index (χ1v) is 8.41. The largest absolute Gasteiger partial charge is 0.481 e. The molecular weight excluding hydrogens is 316 g/mol. The van der Waals surface area contributed by atoms with Crippen molar-refractivity contribution in [1.29, 1.82) is 0 Å². The monoisotopic (exact) mass is 337 g/mol. The van der Waals surface area contributed by atoms with Crippen LogP contribution in [0.2, 0.25) is 0 Å². The number of hydrogen-bond donors (Lipinski definition) is 1. The van der Waals surface area contributed by atoms with E-state index in [0.29, 0.717) is 31.5 Å². The van der Waals surface area contributed by atoms with Gasteiger partial charge in [-0.3, -0.25) is 9.59 Å². The second-order valence-corrected chi connectivity index (χ2v) is 6.84. The van der Waals surface area contributed by atoms with Gasteiger partial charge in [0.05, 0.1) is 0 Å². The van der Waals surface area contributed by atoms with Crippen LogP contribution in [0.3, 0.4) is 0 Å². The van der Waals surface area contributed by atoms with Gasteiger partial charge in [-0.15, -0.1) is 0 Å². The van der Waals surface area contributed by atoms with Gasteiger partial charge in [-0.2, -0.15) is 0 Å². The molecule has 2 fully saturated rings. The molecule has 1 aromatic rings. The molecule has 6 heteroatoms. The van der Waals surface area contributed by atoms with E-state index in [9.17, 15) is 18.4 Å². The lowest BCUT2D eigenvalue weighted by molar-refractivity contribution is -0.137. The predicted molar refractivity (Wildman–Crippen MR) is 83.4 cm³/mol. The molecule has 1 N–H and O–H groups in total. The fourth-order valence-corrected chi connectivity index (χ4v) is 3.68. The topological polar surface area (TPSA) is 57.6 Å². The number of carbonyl (C=O) groups is 2. The number of nitrogens with zero attached hydrogens (tertiary/aromatic N) is 1. The van der Waals surface area contributed by atoms with E-state index in [1.54, 1.807) is 4.90 Å². The van der Waals surface area contributed by atoms with Crippen molar-refractivity contribution in [1.82, 2.24) is 4.90 Å². The lowest BCUT2D eigenvalue weighted by Gasteiger charge is -2.33. The third-order valence-electron chi connectivity index (χ3n) is 5.07. The van der Waals surface area contributed by atoms with Crippen molar-refractivity contribution in [3.05, 3.63) is 35.4 Å². The maximum atomic E-state index is 13.8. The zero-order valence-corrected chi connectivity index (χ0v) is 13.4. The maximum Gasteiger partial charge on any atom is 0.303 e. The van der Waals surface area contributed by atoms with E-state index >= 15 is 0 Å². The van der Waals surface area contributed by atoms with Gasteiger partial charge in [0, 0.05) is 31.5 Å². The van der Waals surface area contributed by atoms with Gasteiger partial charge in [-0.05, 0) is 49.1 Å². The number of carbonyl (C=O) groups excluding carboxylic acids is 1. The highest BCUT2D eigenvalue weighted by molar-refractivity contribution is 5.83. The molecule has 3 atom stereocenters. The zero-order chi connectivity index (χ0) is 17.3. The first-order chi connectivity index (χ1) is 11.5. The Labute approximate surface area is 139 Å². The third-order valence-corrected chi connectivity index (χ3v) is 5.07. The number of hydrogen-bond acceptors (Lipinski definition) is 2. The van der Waals surface area contributed by atoms with E-state index in [2.05, 4.69) is 0 Å². The zero-order valence-electron chi connectivity index (χ0n) is 13.4. The quantitative estimate of drug-likeness (QED) is 0.898. The number of amides is 1. The van der Waals surface area contributed by atoms with Crippen LogP contribution in [0, 0.1) is 23.5 Å². The minimum absolute atomic E-state index is 0.0174. The molecule has 1 aromatic carbocycles. The lowest BCUT2D eigenvalue weighted by atomic mass is 9.93. The van der Waals surface area contributed by atoms with Crippen molar-refractivity contribution < 1.29 is 23.5 Å². The van der Waals surface area contributed by atoms with Crippen LogP contribution in [0.4, 0.5) is 8.78 Å². The molecule has 0 aromatic heterocycles. The number of likely N-dealkylation sites (tertiary alicyclic amines) is 1. The van der Waals surface area contributed by atoms with Crippen LogP contribution in [0.25, 0.3) is 0 Å². The second kappa shape index (κ2) is 6.87. The summed E-state index contributed by atoms with van der Waals surface area (Å²) in [5, 5.41) is 8.78. The molecule has 1 amide bonds. The van der Waals surface area contributed by atoms with Gasteiger partial charge in [0.15, 0.2) is 0 Å². The van der Waals surface area contributed by atoms with Crippen LogP contribution in [0.15, 0.2) is 18.2 Å². The highest BCUT2D eigenvalue weighted by Crippen LogP contribution is 2.49. The Hall–Kier alpha value is -1.98. The average Bonchev–Trinajstić information content (AvgIpc) is 3.33. The van der Waals surface area contributed by atoms with Crippen LogP contribution >= 0.6 is 0 Å². The van der Waals surface area contributed by atoms with Gasteiger partial charge in [-0.1, -0.05) is 6.07 Å². The highest BCUT2D eigenvalue weighted by atomic mass is 19.1. The van der Waals surface area contributed by atoms with Crippen molar-refractivity contribution in [3.8, 4) is 0 Å². The first-order valence-electron chi connectivity index (χ1n) is 8.41. The summed E-state index contributed by atoms with van der Waals surface area (Å²) in [7, 11) is 0. The van der Waals surface area contributed by atoms with Crippen LogP contribution in [-0.4, -0.2) is 35.0 Å². The van der Waals surface area contributed by atoms with Crippen molar-refractivity contribution in [2.75, 3.05) is 13.1 Å². The first kappa shape index (κ1) is 16.9. The van der Waals surface area contributed by atoms with E-state index in [1.165, 1.54) is 12.1 Å². The molecule has 3 rings (SSSR count).